The van der Waals surface area contributed by atoms with Crippen molar-refractivity contribution in [2.75, 3.05) is 30.5 Å². The molecule has 3 rings (SSSR count). The fourth-order valence-corrected chi connectivity index (χ4v) is 3.87. The molecule has 10 heteroatoms. The highest BCUT2D eigenvalue weighted by molar-refractivity contribution is 6.33. The van der Waals surface area contributed by atoms with E-state index in [4.69, 9.17) is 27.9 Å². The molecule has 1 amide bonds. The van der Waals surface area contributed by atoms with Crippen LogP contribution >= 0.6 is 23.2 Å². The first-order valence-electron chi connectivity index (χ1n) is 8.08. The van der Waals surface area contributed by atoms with Gasteiger partial charge in [0.05, 0.1) is 18.4 Å². The maximum atomic E-state index is 12.0. The van der Waals surface area contributed by atoms with Gasteiger partial charge in [0.15, 0.2) is 0 Å². The maximum Gasteiger partial charge on any atom is 0.407 e. The molecule has 25 heavy (non-hydrogen) atoms. The van der Waals surface area contributed by atoms with Gasteiger partial charge in [-0.15, -0.1) is 11.6 Å². The molecule has 0 aromatic carbocycles. The summed E-state index contributed by atoms with van der Waals surface area (Å²) >= 11 is 11.8. The van der Waals surface area contributed by atoms with E-state index in [1.54, 1.807) is 0 Å². The number of aromatic nitrogens is 2. The first kappa shape index (κ1) is 18.3. The maximum absolute atomic E-state index is 12.0. The van der Waals surface area contributed by atoms with Crippen LogP contribution in [0, 0.1) is 5.41 Å². The van der Waals surface area contributed by atoms with Crippen LogP contribution in [0.1, 0.15) is 19.3 Å². The number of carbonyl (C=O) groups is 1. The van der Waals surface area contributed by atoms with Crippen LogP contribution in [0.3, 0.4) is 0 Å². The number of aliphatic hydroxyl groups excluding tert-OH is 1. The lowest BCUT2D eigenvalue weighted by molar-refractivity contribution is 0.0292. The lowest BCUT2D eigenvalue weighted by atomic mass is 9.67. The average molecular weight is 391 g/mol. The number of aliphatic hydroxyl groups is 1. The second-order valence-electron chi connectivity index (χ2n) is 6.70. The van der Waals surface area contributed by atoms with E-state index in [0.29, 0.717) is 43.9 Å². The summed E-state index contributed by atoms with van der Waals surface area (Å²) in [6.07, 6.45) is 2.66. The summed E-state index contributed by atoms with van der Waals surface area (Å²) in [5.74, 6) is 0.374. The van der Waals surface area contributed by atoms with Gasteiger partial charge in [-0.05, 0) is 12.8 Å². The van der Waals surface area contributed by atoms with Crippen molar-refractivity contribution in [3.05, 3.63) is 21.6 Å². The number of hydrogen-bond acceptors (Lipinski definition) is 6. The van der Waals surface area contributed by atoms with Crippen molar-refractivity contribution < 1.29 is 14.6 Å². The lowest BCUT2D eigenvalue weighted by Crippen LogP contribution is -2.53. The van der Waals surface area contributed by atoms with E-state index in [0.717, 1.165) is 0 Å². The first-order valence-corrected chi connectivity index (χ1v) is 9.00. The number of amides is 1. The first-order chi connectivity index (χ1) is 12.0. The number of ether oxygens (including phenoxy) is 1. The quantitative estimate of drug-likeness (QED) is 0.649. The topological polar surface area (TPSA) is 108 Å². The van der Waals surface area contributed by atoms with Crippen LogP contribution in [-0.4, -0.2) is 59.1 Å². The Morgan fingerprint density at radius 3 is 3.00 bits per heavy atom. The molecule has 1 aliphatic heterocycles. The molecule has 2 fully saturated rings. The average Bonchev–Trinajstić information content (AvgIpc) is 3.01. The summed E-state index contributed by atoms with van der Waals surface area (Å²) in [5, 5.41) is 18.2. The summed E-state index contributed by atoms with van der Waals surface area (Å²) in [5.41, 5.74) is -0.197. The molecule has 2 aliphatic rings. The van der Waals surface area contributed by atoms with Gasteiger partial charge in [0.25, 0.3) is 5.56 Å². The van der Waals surface area contributed by atoms with Crippen LogP contribution in [0.2, 0.25) is 5.02 Å². The summed E-state index contributed by atoms with van der Waals surface area (Å²) < 4.78 is 5.44. The van der Waals surface area contributed by atoms with Crippen molar-refractivity contribution in [2.24, 2.45) is 5.41 Å². The normalized spacial score (nSPS) is 28.5. The van der Waals surface area contributed by atoms with Crippen molar-refractivity contribution in [2.45, 2.75) is 31.4 Å². The van der Waals surface area contributed by atoms with Crippen LogP contribution < -0.4 is 15.8 Å². The van der Waals surface area contributed by atoms with Gasteiger partial charge < -0.3 is 20.1 Å². The van der Waals surface area contributed by atoms with Crippen LogP contribution in [-0.2, 0) is 4.74 Å². The van der Waals surface area contributed by atoms with Crippen LogP contribution in [0.5, 0.6) is 0 Å². The van der Waals surface area contributed by atoms with E-state index < -0.39 is 11.7 Å². The monoisotopic (exact) mass is 390 g/mol. The minimum absolute atomic E-state index is 0.0202. The van der Waals surface area contributed by atoms with Crippen molar-refractivity contribution in [1.82, 2.24) is 15.5 Å². The molecule has 138 valence electrons. The number of halogens is 2. The number of hydrogen-bond donors (Lipinski definition) is 3. The van der Waals surface area contributed by atoms with Crippen molar-refractivity contribution in [3.63, 3.8) is 0 Å². The molecule has 0 bridgehead atoms. The Kier molecular flexibility index (Phi) is 5.41. The standard InChI is InChI=1S/C15H20Cl2N4O4/c16-7-15(8-22)3-9(4-15)19-14(24)25-10-1-2-21(6-10)11-5-18-20-13(23)12(11)17/h5,9-10,22H,1-4,6-8H2,(H,19,24)(H,20,23)/t9?,10-,15?/m1/s1. The molecular formula is C15H20Cl2N4O4. The van der Waals surface area contributed by atoms with Gasteiger partial charge in [0, 0.05) is 36.9 Å². The van der Waals surface area contributed by atoms with Crippen molar-refractivity contribution in [3.8, 4) is 0 Å². The smallest absolute Gasteiger partial charge is 0.407 e. The summed E-state index contributed by atoms with van der Waals surface area (Å²) in [6.45, 7) is 1.09. The van der Waals surface area contributed by atoms with Gasteiger partial charge in [-0.2, -0.15) is 5.10 Å². The second kappa shape index (κ2) is 7.39. The fourth-order valence-electron chi connectivity index (χ4n) is 3.36. The number of carbonyl (C=O) groups excluding carboxylic acids is 1. The lowest BCUT2D eigenvalue weighted by Gasteiger charge is -2.45. The molecule has 0 unspecified atom stereocenters. The number of aromatic amines is 1. The van der Waals surface area contributed by atoms with Crippen molar-refractivity contribution in [1.29, 1.82) is 0 Å². The number of alkyl halides is 1. The molecule has 1 atom stereocenters. The van der Waals surface area contributed by atoms with E-state index in [-0.39, 0.29) is 29.2 Å². The van der Waals surface area contributed by atoms with E-state index >= 15 is 0 Å². The zero-order valence-corrected chi connectivity index (χ0v) is 15.0. The predicted molar refractivity (Wildman–Crippen MR) is 93.4 cm³/mol. The highest BCUT2D eigenvalue weighted by Crippen LogP contribution is 2.41. The molecule has 0 radical (unpaired) electrons. The predicted octanol–water partition coefficient (Wildman–Crippen LogP) is 1.11. The van der Waals surface area contributed by atoms with Crippen molar-refractivity contribution >= 4 is 35.0 Å². The number of nitrogens with one attached hydrogen (secondary N) is 2. The van der Waals surface area contributed by atoms with Crippen LogP contribution in [0.25, 0.3) is 0 Å². The Balaban J connectivity index is 1.48. The third-order valence-corrected chi connectivity index (χ3v) is 5.77. The zero-order chi connectivity index (χ0) is 18.0. The largest absolute Gasteiger partial charge is 0.444 e. The van der Waals surface area contributed by atoms with E-state index in [9.17, 15) is 14.7 Å². The molecule has 1 aromatic heterocycles. The fraction of sp³-hybridized carbons (Fsp3) is 0.667. The van der Waals surface area contributed by atoms with Crippen LogP contribution in [0.15, 0.2) is 11.0 Å². The molecule has 2 heterocycles. The van der Waals surface area contributed by atoms with Gasteiger partial charge in [0.1, 0.15) is 11.1 Å². The SMILES string of the molecule is O=C(NC1CC(CO)(CCl)C1)O[C@@H]1CCN(c2cn[nH]c(=O)c2Cl)C1. The number of alkyl carbamates (subject to hydrolysis) is 1. The van der Waals surface area contributed by atoms with Gasteiger partial charge >= 0.3 is 6.09 Å². The van der Waals surface area contributed by atoms with E-state index in [2.05, 4.69) is 15.5 Å². The Morgan fingerprint density at radius 2 is 2.32 bits per heavy atom. The zero-order valence-electron chi connectivity index (χ0n) is 13.5. The third-order valence-electron chi connectivity index (χ3n) is 4.84. The number of H-pyrrole nitrogens is 1. The minimum atomic E-state index is -0.479. The van der Waals surface area contributed by atoms with Gasteiger partial charge in [-0.1, -0.05) is 11.6 Å². The Morgan fingerprint density at radius 1 is 1.56 bits per heavy atom. The molecule has 1 aliphatic carbocycles. The Bertz CT molecular complexity index is 686. The minimum Gasteiger partial charge on any atom is -0.444 e. The van der Waals surface area contributed by atoms with Gasteiger partial charge in [-0.3, -0.25) is 4.79 Å². The second-order valence-corrected chi connectivity index (χ2v) is 7.35. The number of anilines is 1. The highest BCUT2D eigenvalue weighted by atomic mass is 35.5. The molecule has 8 nitrogen and oxygen atoms in total. The summed E-state index contributed by atoms with van der Waals surface area (Å²) in [4.78, 5) is 25.4. The molecule has 0 spiro atoms. The Hall–Kier alpha value is -1.51. The summed E-state index contributed by atoms with van der Waals surface area (Å²) in [6, 6.07) is -0.0257. The number of rotatable bonds is 5. The highest BCUT2D eigenvalue weighted by Gasteiger charge is 2.44. The van der Waals surface area contributed by atoms with Crippen LogP contribution in [0.4, 0.5) is 10.5 Å². The van der Waals surface area contributed by atoms with Gasteiger partial charge in [0.2, 0.25) is 0 Å². The third kappa shape index (κ3) is 3.86. The van der Waals surface area contributed by atoms with E-state index in [1.165, 1.54) is 6.20 Å². The molecular weight excluding hydrogens is 371 g/mol. The molecule has 1 saturated heterocycles. The molecule has 1 aromatic rings. The molecule has 1 saturated carbocycles. The summed E-state index contributed by atoms with van der Waals surface area (Å²) in [7, 11) is 0. The Labute approximate surface area is 154 Å². The molecule has 3 N–H and O–H groups in total. The van der Waals surface area contributed by atoms with E-state index in [1.807, 2.05) is 4.90 Å². The number of nitrogens with zero attached hydrogens (tertiary/aromatic N) is 2. The van der Waals surface area contributed by atoms with Gasteiger partial charge in [-0.25, -0.2) is 9.89 Å².